The van der Waals surface area contributed by atoms with Crippen molar-refractivity contribution in [2.45, 2.75) is 6.42 Å². The summed E-state index contributed by atoms with van der Waals surface area (Å²) in [5.41, 5.74) is 0.00628. The maximum Gasteiger partial charge on any atom is 0.326 e. The monoisotopic (exact) mass is 410 g/mol. The van der Waals surface area contributed by atoms with Gasteiger partial charge in [-0.15, -0.1) is 0 Å². The summed E-state index contributed by atoms with van der Waals surface area (Å²) in [7, 11) is 0. The quantitative estimate of drug-likeness (QED) is 0.173. The number of Topliss-reactive ketones (excluding diaryl/α,β-unsaturated/α-hetero) is 1. The lowest BCUT2D eigenvalue weighted by Crippen LogP contribution is -2.40. The Hall–Kier alpha value is -3.36. The van der Waals surface area contributed by atoms with Gasteiger partial charge in [0.15, 0.2) is 12.4 Å². The van der Waals surface area contributed by atoms with Crippen LogP contribution in [0.5, 0.6) is 0 Å². The highest BCUT2D eigenvalue weighted by Crippen LogP contribution is 2.65. The molecule has 0 aromatic heterocycles. The van der Waals surface area contributed by atoms with E-state index in [0.29, 0.717) is 11.8 Å². The number of nitro groups is 1. The van der Waals surface area contributed by atoms with Crippen molar-refractivity contribution in [3.8, 4) is 0 Å². The molecule has 2 saturated carbocycles. The van der Waals surface area contributed by atoms with Crippen LogP contribution in [0.1, 0.15) is 16.8 Å². The smallest absolute Gasteiger partial charge is 0.326 e. The van der Waals surface area contributed by atoms with E-state index in [-0.39, 0.29) is 46.7 Å². The third-order valence-electron chi connectivity index (χ3n) is 6.81. The lowest BCUT2D eigenvalue weighted by molar-refractivity contribution is -0.384. The molecule has 5 aliphatic rings. The average Bonchev–Trinajstić information content (AvgIpc) is 3.53. The number of amides is 2. The van der Waals surface area contributed by atoms with Gasteiger partial charge in [-0.25, -0.2) is 0 Å². The normalized spacial score (nSPS) is 32.6. The number of esters is 1. The Bertz CT molecular complexity index is 979. The van der Waals surface area contributed by atoms with E-state index in [1.165, 1.54) is 24.3 Å². The Labute approximate surface area is 170 Å². The van der Waals surface area contributed by atoms with E-state index in [4.69, 9.17) is 4.74 Å². The fourth-order valence-electron chi connectivity index (χ4n) is 5.35. The zero-order valence-electron chi connectivity index (χ0n) is 15.8. The summed E-state index contributed by atoms with van der Waals surface area (Å²) in [4.78, 5) is 61.0. The standard InChI is InChI=1S/C21H18N2O7/c24-16(10-1-3-11(4-2-10)23(28)29)9-30-17(25)8-22-20(26)18-12-5-6-13(15-7-14(12)15)19(18)21(22)27/h1-6,12-15,18-19H,7-9H2/t12-,13-,14-,15+,18-,19+/m0/s1. The summed E-state index contributed by atoms with van der Waals surface area (Å²) in [6.45, 7) is -1.08. The topological polar surface area (TPSA) is 124 Å². The van der Waals surface area contributed by atoms with Crippen LogP contribution in [-0.4, -0.2) is 46.5 Å². The second kappa shape index (κ2) is 6.58. The van der Waals surface area contributed by atoms with E-state index in [0.717, 1.165) is 11.3 Å². The van der Waals surface area contributed by atoms with Gasteiger partial charge in [-0.2, -0.15) is 0 Å². The molecule has 3 fully saturated rings. The molecule has 1 aromatic carbocycles. The van der Waals surface area contributed by atoms with Gasteiger partial charge < -0.3 is 4.74 Å². The van der Waals surface area contributed by atoms with Crippen molar-refractivity contribution in [2.75, 3.05) is 13.2 Å². The van der Waals surface area contributed by atoms with Gasteiger partial charge in [-0.05, 0) is 42.2 Å². The number of carbonyl (C=O) groups excluding carboxylic acids is 4. The summed E-state index contributed by atoms with van der Waals surface area (Å²) in [6.07, 6.45) is 5.16. The molecule has 2 bridgehead atoms. The molecule has 4 aliphatic carbocycles. The number of ketones is 1. The number of benzene rings is 1. The highest BCUT2D eigenvalue weighted by Gasteiger charge is 2.67. The molecule has 2 amide bonds. The number of carbonyl (C=O) groups is 4. The molecular formula is C21H18N2O7. The highest BCUT2D eigenvalue weighted by atomic mass is 16.6. The van der Waals surface area contributed by atoms with Crippen LogP contribution in [0.2, 0.25) is 0 Å². The molecule has 30 heavy (non-hydrogen) atoms. The third-order valence-corrected chi connectivity index (χ3v) is 6.81. The first-order valence-corrected chi connectivity index (χ1v) is 9.83. The number of hydrogen-bond acceptors (Lipinski definition) is 7. The zero-order chi connectivity index (χ0) is 21.2. The first-order chi connectivity index (χ1) is 14.4. The van der Waals surface area contributed by atoms with E-state index in [9.17, 15) is 29.3 Å². The van der Waals surface area contributed by atoms with Crippen LogP contribution in [0.4, 0.5) is 5.69 Å². The summed E-state index contributed by atoms with van der Waals surface area (Å²) in [5, 5.41) is 10.7. The number of allylic oxidation sites excluding steroid dienone is 2. The molecule has 0 N–H and O–H groups in total. The van der Waals surface area contributed by atoms with Gasteiger partial charge in [0.25, 0.3) is 5.69 Å². The Kier molecular flexibility index (Phi) is 4.09. The van der Waals surface area contributed by atoms with E-state index in [1.54, 1.807) is 0 Å². The van der Waals surface area contributed by atoms with Crippen molar-refractivity contribution in [1.29, 1.82) is 0 Å². The molecule has 1 heterocycles. The van der Waals surface area contributed by atoms with E-state index in [1.807, 2.05) is 0 Å². The minimum atomic E-state index is -0.837. The molecule has 9 heteroatoms. The first kappa shape index (κ1) is 18.7. The molecule has 9 nitrogen and oxygen atoms in total. The van der Waals surface area contributed by atoms with Gasteiger partial charge in [0.1, 0.15) is 6.54 Å². The fourth-order valence-corrected chi connectivity index (χ4v) is 5.35. The van der Waals surface area contributed by atoms with Gasteiger partial charge >= 0.3 is 5.97 Å². The molecule has 6 atom stereocenters. The average molecular weight is 410 g/mol. The van der Waals surface area contributed by atoms with Crippen LogP contribution < -0.4 is 0 Å². The van der Waals surface area contributed by atoms with Crippen LogP contribution in [0.3, 0.4) is 0 Å². The number of rotatable bonds is 6. The fraction of sp³-hybridized carbons (Fsp3) is 0.429. The molecule has 0 spiro atoms. The minimum absolute atomic E-state index is 0.0752. The lowest BCUT2D eigenvalue weighted by atomic mass is 9.63. The molecule has 6 rings (SSSR count). The molecule has 1 aliphatic heterocycles. The second-order valence-corrected chi connectivity index (χ2v) is 8.31. The molecule has 1 saturated heterocycles. The van der Waals surface area contributed by atoms with Crippen LogP contribution in [0, 0.1) is 45.6 Å². The van der Waals surface area contributed by atoms with E-state index >= 15 is 0 Å². The number of ether oxygens (including phenoxy) is 1. The molecule has 1 aromatic rings. The Balaban J connectivity index is 1.19. The highest BCUT2D eigenvalue weighted by molar-refractivity contribution is 6.08. The number of imide groups is 1. The Morgan fingerprint density at radius 1 is 1.03 bits per heavy atom. The minimum Gasteiger partial charge on any atom is -0.456 e. The largest absolute Gasteiger partial charge is 0.456 e. The van der Waals surface area contributed by atoms with E-state index in [2.05, 4.69) is 12.2 Å². The van der Waals surface area contributed by atoms with Crippen LogP contribution in [0.25, 0.3) is 0 Å². The lowest BCUT2D eigenvalue weighted by Gasteiger charge is -2.37. The van der Waals surface area contributed by atoms with Crippen molar-refractivity contribution in [1.82, 2.24) is 4.90 Å². The number of nitrogens with zero attached hydrogens (tertiary/aromatic N) is 2. The van der Waals surface area contributed by atoms with Crippen LogP contribution in [0.15, 0.2) is 36.4 Å². The SMILES string of the molecule is O=C(CN1C(=O)[C@@H]2[C@H]3C=C[C@@H]([C@@H]4C[C@H]34)[C@@H]2C1=O)OCC(=O)c1ccc([N+](=O)[O-])cc1. The summed E-state index contributed by atoms with van der Waals surface area (Å²) in [6, 6.07) is 4.93. The van der Waals surface area contributed by atoms with Crippen molar-refractivity contribution in [3.05, 3.63) is 52.1 Å². The molecular weight excluding hydrogens is 392 g/mol. The number of nitro benzene ring substituents is 1. The summed E-state index contributed by atoms with van der Waals surface area (Å²) < 4.78 is 4.96. The predicted molar refractivity (Wildman–Crippen MR) is 99.8 cm³/mol. The number of likely N-dealkylation sites (tertiary alicyclic amines) is 1. The summed E-state index contributed by atoms with van der Waals surface area (Å²) >= 11 is 0. The van der Waals surface area contributed by atoms with Crippen molar-refractivity contribution < 1.29 is 28.8 Å². The van der Waals surface area contributed by atoms with Gasteiger partial charge in [0.05, 0.1) is 16.8 Å². The zero-order valence-corrected chi connectivity index (χ0v) is 15.8. The Morgan fingerprint density at radius 3 is 2.13 bits per heavy atom. The van der Waals surface area contributed by atoms with Crippen LogP contribution in [-0.2, 0) is 19.1 Å². The first-order valence-electron chi connectivity index (χ1n) is 9.83. The number of non-ortho nitro benzene ring substituents is 1. The van der Waals surface area contributed by atoms with Gasteiger partial charge in [-0.1, -0.05) is 12.2 Å². The van der Waals surface area contributed by atoms with Crippen molar-refractivity contribution in [2.24, 2.45) is 35.5 Å². The van der Waals surface area contributed by atoms with Gasteiger partial charge in [-0.3, -0.25) is 34.2 Å². The summed E-state index contributed by atoms with van der Waals surface area (Å²) in [5.74, 6) is -1.69. The molecule has 0 radical (unpaired) electrons. The van der Waals surface area contributed by atoms with Gasteiger partial charge in [0.2, 0.25) is 11.8 Å². The van der Waals surface area contributed by atoms with Gasteiger partial charge in [0, 0.05) is 17.7 Å². The second-order valence-electron chi connectivity index (χ2n) is 8.31. The van der Waals surface area contributed by atoms with Crippen molar-refractivity contribution >= 4 is 29.3 Å². The Morgan fingerprint density at radius 2 is 1.60 bits per heavy atom. The van der Waals surface area contributed by atoms with Crippen molar-refractivity contribution in [3.63, 3.8) is 0 Å². The molecule has 154 valence electrons. The number of hydrogen-bond donors (Lipinski definition) is 0. The van der Waals surface area contributed by atoms with E-state index < -0.39 is 29.8 Å². The molecule has 0 unspecified atom stereocenters. The predicted octanol–water partition coefficient (Wildman–Crippen LogP) is 1.37. The maximum absolute atomic E-state index is 12.8. The van der Waals surface area contributed by atoms with Crippen LogP contribution >= 0.6 is 0 Å². The third kappa shape index (κ3) is 2.76. The maximum atomic E-state index is 12.8.